The molecule has 2 atom stereocenters. The zero-order chi connectivity index (χ0) is 17.7. The van der Waals surface area contributed by atoms with Gasteiger partial charge in [-0.05, 0) is 38.5 Å². The summed E-state index contributed by atoms with van der Waals surface area (Å²) in [5, 5.41) is 0. The van der Waals surface area contributed by atoms with E-state index < -0.39 is 0 Å². The summed E-state index contributed by atoms with van der Waals surface area (Å²) in [5.74, 6) is 0. The minimum absolute atomic E-state index is 0. The Labute approximate surface area is 159 Å². The van der Waals surface area contributed by atoms with Gasteiger partial charge in [0.1, 0.15) is 0 Å². The molecule has 0 heterocycles. The molecule has 0 aliphatic carbocycles. The molecule has 0 saturated heterocycles. The zero-order valence-corrected chi connectivity index (χ0v) is 16.6. The van der Waals surface area contributed by atoms with Gasteiger partial charge in [0.05, 0.1) is 6.10 Å². The highest BCUT2D eigenvalue weighted by Crippen LogP contribution is 2.04. The van der Waals surface area contributed by atoms with Crippen LogP contribution in [0.5, 0.6) is 0 Å². The minimum Gasteiger partial charge on any atom is -0.358 e. The summed E-state index contributed by atoms with van der Waals surface area (Å²) < 4.78 is 5.19. The van der Waals surface area contributed by atoms with E-state index in [1.165, 1.54) is 12.8 Å². The number of hydrogen-bond donors (Lipinski definition) is 0. The lowest BCUT2D eigenvalue weighted by atomic mass is 10.2. The van der Waals surface area contributed by atoms with Crippen LogP contribution >= 0.6 is 9.47 Å². The lowest BCUT2D eigenvalue weighted by molar-refractivity contribution is 0.289. The zero-order valence-electron chi connectivity index (χ0n) is 15.4. The van der Waals surface area contributed by atoms with Crippen LogP contribution in [0.1, 0.15) is 66.2 Å². The Hall–Kier alpha value is -1.17. The van der Waals surface area contributed by atoms with E-state index in [4.69, 9.17) is 4.52 Å². The quantitative estimate of drug-likeness (QED) is 0.173. The van der Waals surface area contributed by atoms with Gasteiger partial charge >= 0.3 is 0 Å². The molecule has 2 unspecified atom stereocenters. The number of hydrogen-bond acceptors (Lipinski definition) is 1. The molecule has 0 amide bonds. The summed E-state index contributed by atoms with van der Waals surface area (Å²) in [6.07, 6.45) is 33.8. The van der Waals surface area contributed by atoms with Crippen molar-refractivity contribution in [2.24, 2.45) is 0 Å². The molecule has 25 heavy (non-hydrogen) atoms. The first kappa shape index (κ1) is 26.1. The molecule has 142 valence electrons. The van der Waals surface area contributed by atoms with E-state index in [1.807, 2.05) is 0 Å². The van der Waals surface area contributed by atoms with Crippen molar-refractivity contribution in [3.8, 4) is 0 Å². The van der Waals surface area contributed by atoms with Crippen LogP contribution in [-0.2, 0) is 4.52 Å². The number of unbranched alkanes of at least 4 members (excludes halogenated alkanes) is 1. The fourth-order valence-corrected chi connectivity index (χ4v) is 2.18. The predicted molar refractivity (Wildman–Crippen MR) is 120 cm³/mol. The second-order valence-electron chi connectivity index (χ2n) is 5.51. The summed E-state index contributed by atoms with van der Waals surface area (Å²) in [7, 11) is 2.32. The Morgan fingerprint density at radius 1 is 0.720 bits per heavy atom. The summed E-state index contributed by atoms with van der Waals surface area (Å²) in [6.45, 7) is 4.32. The molecule has 0 fully saturated rings. The van der Waals surface area contributed by atoms with Crippen molar-refractivity contribution in [2.75, 3.05) is 0 Å². The van der Waals surface area contributed by atoms with Crippen molar-refractivity contribution in [2.45, 2.75) is 72.3 Å². The Morgan fingerprint density at radius 2 is 1.20 bits per heavy atom. The van der Waals surface area contributed by atoms with Crippen LogP contribution in [0.2, 0.25) is 0 Å². The van der Waals surface area contributed by atoms with Crippen LogP contribution < -0.4 is 0 Å². The molecule has 0 spiro atoms. The third-order valence-electron chi connectivity index (χ3n) is 3.36. The fourth-order valence-electron chi connectivity index (χ4n) is 1.90. The lowest BCUT2D eigenvalue weighted by Gasteiger charge is -2.04. The molecular formula is C23H39OP. The van der Waals surface area contributed by atoms with Gasteiger partial charge < -0.3 is 4.52 Å². The molecule has 0 aromatic carbocycles. The van der Waals surface area contributed by atoms with Crippen LogP contribution in [-0.4, -0.2) is 6.10 Å². The molecular weight excluding hydrogens is 323 g/mol. The molecule has 0 radical (unpaired) electrons. The van der Waals surface area contributed by atoms with Gasteiger partial charge in [0.15, 0.2) is 0 Å². The van der Waals surface area contributed by atoms with Gasteiger partial charge in [-0.2, -0.15) is 0 Å². The molecule has 1 nitrogen and oxygen atoms in total. The average molecular weight is 363 g/mol. The molecule has 0 aliphatic rings. The minimum atomic E-state index is 0. The first-order valence-electron chi connectivity index (χ1n) is 9.13. The van der Waals surface area contributed by atoms with Crippen molar-refractivity contribution in [3.63, 3.8) is 0 Å². The van der Waals surface area contributed by atoms with E-state index >= 15 is 0 Å². The Bertz CT molecular complexity index is 423. The van der Waals surface area contributed by atoms with E-state index in [9.17, 15) is 0 Å². The van der Waals surface area contributed by atoms with Crippen LogP contribution in [0.25, 0.3) is 0 Å². The SMILES string of the molecule is C.CCC/C=C\C/C=C\C/C=C\C/C=C\C/C=C\C=C\C(CC)OP. The van der Waals surface area contributed by atoms with Crippen LogP contribution in [0.15, 0.2) is 72.9 Å². The molecule has 2 heteroatoms. The van der Waals surface area contributed by atoms with Crippen molar-refractivity contribution in [1.82, 2.24) is 0 Å². The maximum atomic E-state index is 5.19. The monoisotopic (exact) mass is 362 g/mol. The summed E-state index contributed by atoms with van der Waals surface area (Å²) in [4.78, 5) is 0. The highest BCUT2D eigenvalue weighted by atomic mass is 31.0. The topological polar surface area (TPSA) is 9.23 Å². The predicted octanol–water partition coefficient (Wildman–Crippen LogP) is 7.91. The average Bonchev–Trinajstić information content (AvgIpc) is 2.61. The third-order valence-corrected chi connectivity index (χ3v) is 3.71. The molecule has 0 rings (SSSR count). The van der Waals surface area contributed by atoms with Gasteiger partial charge in [-0.3, -0.25) is 0 Å². The maximum Gasteiger partial charge on any atom is 0.0792 e. The first-order chi connectivity index (χ1) is 11.8. The number of rotatable bonds is 14. The van der Waals surface area contributed by atoms with Gasteiger partial charge in [0.2, 0.25) is 0 Å². The van der Waals surface area contributed by atoms with Crippen molar-refractivity contribution >= 4 is 9.47 Å². The van der Waals surface area contributed by atoms with Gasteiger partial charge in [0.25, 0.3) is 0 Å². The van der Waals surface area contributed by atoms with Gasteiger partial charge in [-0.25, -0.2) is 0 Å². The molecule has 0 aromatic heterocycles. The van der Waals surface area contributed by atoms with E-state index in [0.717, 1.165) is 32.1 Å². The molecule has 0 bridgehead atoms. The lowest BCUT2D eigenvalue weighted by Crippen LogP contribution is -1.99. The van der Waals surface area contributed by atoms with E-state index in [0.29, 0.717) is 0 Å². The van der Waals surface area contributed by atoms with Crippen LogP contribution in [0.3, 0.4) is 0 Å². The highest BCUT2D eigenvalue weighted by molar-refractivity contribution is 7.09. The van der Waals surface area contributed by atoms with E-state index in [1.54, 1.807) is 0 Å². The second-order valence-corrected chi connectivity index (χ2v) is 5.79. The Morgan fingerprint density at radius 3 is 1.64 bits per heavy atom. The molecule has 0 aliphatic heterocycles. The Kier molecular flexibility index (Phi) is 23.8. The van der Waals surface area contributed by atoms with Gasteiger partial charge in [-0.1, -0.05) is 101 Å². The summed E-state index contributed by atoms with van der Waals surface area (Å²) >= 11 is 0. The van der Waals surface area contributed by atoms with Gasteiger partial charge in [0, 0.05) is 9.47 Å². The first-order valence-corrected chi connectivity index (χ1v) is 9.61. The van der Waals surface area contributed by atoms with Crippen molar-refractivity contribution < 1.29 is 4.52 Å². The summed E-state index contributed by atoms with van der Waals surface area (Å²) in [5.41, 5.74) is 0. The van der Waals surface area contributed by atoms with Crippen molar-refractivity contribution in [3.05, 3.63) is 72.9 Å². The standard InChI is InChI=1S/C22H35OP.CH4/c1-3-5-6-7-8-9-10-11-12-13-14-15-16-17-18-19-20-21-22(4-2)23-24;/h6-7,9-10,12-13,15-16,18-22H,3-5,8,11,14,17,24H2,1-2H3;1H4/b7-6-,10-9-,13-12-,16-15-,19-18-,21-20+;. The normalized spacial score (nSPS) is 14.0. The molecule has 0 N–H and O–H groups in total. The van der Waals surface area contributed by atoms with Crippen LogP contribution in [0, 0.1) is 0 Å². The van der Waals surface area contributed by atoms with Crippen LogP contribution in [0.4, 0.5) is 0 Å². The highest BCUT2D eigenvalue weighted by Gasteiger charge is 1.94. The summed E-state index contributed by atoms with van der Waals surface area (Å²) in [6, 6.07) is 0. The largest absolute Gasteiger partial charge is 0.358 e. The van der Waals surface area contributed by atoms with Gasteiger partial charge in [-0.15, -0.1) is 0 Å². The van der Waals surface area contributed by atoms with E-state index in [-0.39, 0.29) is 13.5 Å². The second kappa shape index (κ2) is 22.8. The van der Waals surface area contributed by atoms with Crippen molar-refractivity contribution in [1.29, 1.82) is 0 Å². The smallest absolute Gasteiger partial charge is 0.0792 e. The number of allylic oxidation sites excluding steroid dienone is 11. The third kappa shape index (κ3) is 20.8. The molecule has 0 aromatic rings. The fraction of sp³-hybridized carbons (Fsp3) is 0.478. The Balaban J connectivity index is 0. The van der Waals surface area contributed by atoms with E-state index in [2.05, 4.69) is 96.2 Å². The molecule has 0 saturated carbocycles. The maximum absolute atomic E-state index is 5.19.